The number of carbonyl (C=O) groups is 1. The van der Waals surface area contributed by atoms with E-state index >= 15 is 0 Å². The van der Waals surface area contributed by atoms with Crippen LogP contribution in [0.2, 0.25) is 0 Å². The fourth-order valence-electron chi connectivity index (χ4n) is 2.69. The molecule has 0 aliphatic carbocycles. The molecule has 0 aliphatic heterocycles. The van der Waals surface area contributed by atoms with Gasteiger partial charge in [0, 0.05) is 5.69 Å². The molecule has 0 radical (unpaired) electrons. The number of hydrogen-bond donors (Lipinski definition) is 1. The number of para-hydroxylation sites is 1. The third-order valence-corrected chi connectivity index (χ3v) is 4.18. The number of amides is 1. The zero-order chi connectivity index (χ0) is 18.4. The summed E-state index contributed by atoms with van der Waals surface area (Å²) < 4.78 is 11.0. The minimum atomic E-state index is -0.548. The standard InChI is InChI=1S/C21H27NO3/c1-6-19(25-17-12-10-16(24-5)11-13-17)21(23)22-20-15(4)8-7-9-18(20)14(2)3/h7-14,19H,6H2,1-5H3,(H,22,23)/t19-/m0/s1. The van der Waals surface area contributed by atoms with Crippen molar-refractivity contribution in [2.75, 3.05) is 12.4 Å². The summed E-state index contributed by atoms with van der Waals surface area (Å²) in [6, 6.07) is 13.3. The lowest BCUT2D eigenvalue weighted by Crippen LogP contribution is -2.33. The van der Waals surface area contributed by atoms with Crippen LogP contribution in [-0.2, 0) is 4.79 Å². The van der Waals surface area contributed by atoms with Crippen molar-refractivity contribution in [1.29, 1.82) is 0 Å². The number of rotatable bonds is 7. The van der Waals surface area contributed by atoms with Crippen LogP contribution in [0.1, 0.15) is 44.2 Å². The average Bonchev–Trinajstić information content (AvgIpc) is 2.61. The number of nitrogens with one attached hydrogen (secondary N) is 1. The highest BCUT2D eigenvalue weighted by molar-refractivity contribution is 5.95. The van der Waals surface area contributed by atoms with Crippen molar-refractivity contribution in [3.8, 4) is 11.5 Å². The predicted octanol–water partition coefficient (Wildman–Crippen LogP) is 4.92. The van der Waals surface area contributed by atoms with Gasteiger partial charge in [-0.2, -0.15) is 0 Å². The molecule has 0 unspecified atom stereocenters. The summed E-state index contributed by atoms with van der Waals surface area (Å²) in [5.74, 6) is 1.61. The molecule has 2 rings (SSSR count). The molecule has 2 aromatic rings. The molecule has 4 heteroatoms. The lowest BCUT2D eigenvalue weighted by Gasteiger charge is -2.21. The van der Waals surface area contributed by atoms with Gasteiger partial charge in [-0.25, -0.2) is 0 Å². The van der Waals surface area contributed by atoms with Gasteiger partial charge in [0.05, 0.1) is 7.11 Å². The lowest BCUT2D eigenvalue weighted by molar-refractivity contribution is -0.122. The van der Waals surface area contributed by atoms with Crippen LogP contribution in [0, 0.1) is 6.92 Å². The topological polar surface area (TPSA) is 47.6 Å². The Bertz CT molecular complexity index is 708. The molecule has 1 atom stereocenters. The van der Waals surface area contributed by atoms with Crippen LogP contribution in [-0.4, -0.2) is 19.1 Å². The highest BCUT2D eigenvalue weighted by atomic mass is 16.5. The van der Waals surface area contributed by atoms with E-state index in [1.165, 1.54) is 0 Å². The van der Waals surface area contributed by atoms with Crippen molar-refractivity contribution in [3.63, 3.8) is 0 Å². The van der Waals surface area contributed by atoms with E-state index in [2.05, 4.69) is 25.2 Å². The number of hydrogen-bond acceptors (Lipinski definition) is 3. The van der Waals surface area contributed by atoms with Crippen molar-refractivity contribution in [3.05, 3.63) is 53.6 Å². The van der Waals surface area contributed by atoms with Crippen molar-refractivity contribution < 1.29 is 14.3 Å². The van der Waals surface area contributed by atoms with E-state index < -0.39 is 6.10 Å². The second-order valence-corrected chi connectivity index (χ2v) is 6.37. The molecule has 4 nitrogen and oxygen atoms in total. The molecule has 2 aromatic carbocycles. The van der Waals surface area contributed by atoms with E-state index in [1.54, 1.807) is 7.11 Å². The Labute approximate surface area is 150 Å². The molecule has 0 saturated heterocycles. The Morgan fingerprint density at radius 2 is 1.72 bits per heavy atom. The number of anilines is 1. The van der Waals surface area contributed by atoms with Gasteiger partial charge in [0.15, 0.2) is 6.10 Å². The van der Waals surface area contributed by atoms with Gasteiger partial charge in [0.1, 0.15) is 11.5 Å². The van der Waals surface area contributed by atoms with E-state index in [0.29, 0.717) is 18.1 Å². The van der Waals surface area contributed by atoms with Crippen LogP contribution in [0.4, 0.5) is 5.69 Å². The summed E-state index contributed by atoms with van der Waals surface area (Å²) >= 11 is 0. The van der Waals surface area contributed by atoms with E-state index in [-0.39, 0.29) is 5.91 Å². The lowest BCUT2D eigenvalue weighted by atomic mass is 9.98. The normalized spacial score (nSPS) is 11.9. The van der Waals surface area contributed by atoms with Gasteiger partial charge < -0.3 is 14.8 Å². The molecule has 1 amide bonds. The summed E-state index contributed by atoms with van der Waals surface area (Å²) in [4.78, 5) is 12.7. The molecule has 0 heterocycles. The van der Waals surface area contributed by atoms with E-state index in [1.807, 2.05) is 50.2 Å². The smallest absolute Gasteiger partial charge is 0.265 e. The molecule has 0 bridgehead atoms. The van der Waals surface area contributed by atoms with E-state index in [9.17, 15) is 4.79 Å². The number of methoxy groups -OCH3 is 1. The molecular formula is C21H27NO3. The zero-order valence-electron chi connectivity index (χ0n) is 15.6. The van der Waals surface area contributed by atoms with E-state index in [0.717, 1.165) is 22.6 Å². The predicted molar refractivity (Wildman–Crippen MR) is 102 cm³/mol. The molecule has 0 aromatic heterocycles. The Morgan fingerprint density at radius 1 is 1.08 bits per heavy atom. The van der Waals surface area contributed by atoms with Crippen molar-refractivity contribution in [2.24, 2.45) is 0 Å². The minimum Gasteiger partial charge on any atom is -0.497 e. The number of benzene rings is 2. The Morgan fingerprint density at radius 3 is 2.28 bits per heavy atom. The monoisotopic (exact) mass is 341 g/mol. The molecule has 1 N–H and O–H groups in total. The van der Waals surface area contributed by atoms with Crippen LogP contribution in [0.5, 0.6) is 11.5 Å². The fourth-order valence-corrected chi connectivity index (χ4v) is 2.69. The zero-order valence-corrected chi connectivity index (χ0v) is 15.6. The minimum absolute atomic E-state index is 0.130. The highest BCUT2D eigenvalue weighted by Gasteiger charge is 2.21. The fraction of sp³-hybridized carbons (Fsp3) is 0.381. The van der Waals surface area contributed by atoms with Gasteiger partial charge in [-0.3, -0.25) is 4.79 Å². The van der Waals surface area contributed by atoms with Gasteiger partial charge >= 0.3 is 0 Å². The van der Waals surface area contributed by atoms with Crippen LogP contribution >= 0.6 is 0 Å². The molecule has 0 aliphatic rings. The summed E-state index contributed by atoms with van der Waals surface area (Å²) in [5, 5.41) is 3.07. The van der Waals surface area contributed by atoms with Gasteiger partial charge in [-0.05, 0) is 54.7 Å². The highest BCUT2D eigenvalue weighted by Crippen LogP contribution is 2.28. The summed E-state index contributed by atoms with van der Waals surface area (Å²) in [6.45, 7) is 8.19. The van der Waals surface area contributed by atoms with Gasteiger partial charge in [0.2, 0.25) is 0 Å². The van der Waals surface area contributed by atoms with Crippen LogP contribution in [0.25, 0.3) is 0 Å². The Hall–Kier alpha value is -2.49. The largest absolute Gasteiger partial charge is 0.497 e. The number of carbonyl (C=O) groups excluding carboxylic acids is 1. The van der Waals surface area contributed by atoms with Gasteiger partial charge in [-0.15, -0.1) is 0 Å². The molecular weight excluding hydrogens is 314 g/mol. The number of ether oxygens (including phenoxy) is 2. The molecule has 134 valence electrons. The second-order valence-electron chi connectivity index (χ2n) is 6.37. The second kappa shape index (κ2) is 8.56. The van der Waals surface area contributed by atoms with Crippen molar-refractivity contribution in [2.45, 2.75) is 46.1 Å². The first-order valence-electron chi connectivity index (χ1n) is 8.67. The molecule has 0 spiro atoms. The third-order valence-electron chi connectivity index (χ3n) is 4.18. The van der Waals surface area contributed by atoms with E-state index in [4.69, 9.17) is 9.47 Å². The van der Waals surface area contributed by atoms with Crippen LogP contribution in [0.15, 0.2) is 42.5 Å². The maximum atomic E-state index is 12.7. The first kappa shape index (κ1) is 18.8. The SMILES string of the molecule is CC[C@H](Oc1ccc(OC)cc1)C(=O)Nc1c(C)cccc1C(C)C. The molecule has 0 saturated carbocycles. The maximum absolute atomic E-state index is 12.7. The van der Waals surface area contributed by atoms with Crippen LogP contribution < -0.4 is 14.8 Å². The summed E-state index contributed by atoms with van der Waals surface area (Å²) in [5.41, 5.74) is 3.07. The van der Waals surface area contributed by atoms with Crippen LogP contribution in [0.3, 0.4) is 0 Å². The first-order chi connectivity index (χ1) is 12.0. The number of aryl methyl sites for hydroxylation is 1. The molecule has 0 fully saturated rings. The Balaban J connectivity index is 2.15. The Kier molecular flexibility index (Phi) is 6.45. The maximum Gasteiger partial charge on any atom is 0.265 e. The summed E-state index contributed by atoms with van der Waals surface area (Å²) in [6.07, 6.45) is 0.0359. The van der Waals surface area contributed by atoms with Crippen molar-refractivity contribution >= 4 is 11.6 Å². The third kappa shape index (κ3) is 4.75. The van der Waals surface area contributed by atoms with Gasteiger partial charge in [0.25, 0.3) is 5.91 Å². The first-order valence-corrected chi connectivity index (χ1v) is 8.67. The van der Waals surface area contributed by atoms with Gasteiger partial charge in [-0.1, -0.05) is 39.0 Å². The van der Waals surface area contributed by atoms with Crippen molar-refractivity contribution in [1.82, 2.24) is 0 Å². The summed E-state index contributed by atoms with van der Waals surface area (Å²) in [7, 11) is 1.62. The quantitative estimate of drug-likeness (QED) is 0.777. The average molecular weight is 341 g/mol. The molecule has 25 heavy (non-hydrogen) atoms.